The van der Waals surface area contributed by atoms with Crippen molar-refractivity contribution in [2.24, 2.45) is 5.92 Å². The van der Waals surface area contributed by atoms with E-state index in [-0.39, 0.29) is 6.04 Å². The predicted octanol–water partition coefficient (Wildman–Crippen LogP) is 3.91. The normalized spacial score (nSPS) is 19.2. The van der Waals surface area contributed by atoms with Crippen LogP contribution in [0.2, 0.25) is 0 Å². The molecule has 120 valence electrons. The van der Waals surface area contributed by atoms with Crippen LogP contribution >= 0.6 is 0 Å². The first-order valence-electron chi connectivity index (χ1n) is 8.09. The average Bonchev–Trinajstić information content (AvgIpc) is 2.99. The van der Waals surface area contributed by atoms with Crippen molar-refractivity contribution in [1.82, 2.24) is 5.32 Å². The van der Waals surface area contributed by atoms with Gasteiger partial charge in [0.15, 0.2) is 11.3 Å². The molecule has 1 aliphatic rings. The Kier molecular flexibility index (Phi) is 4.69. The zero-order chi connectivity index (χ0) is 15.5. The summed E-state index contributed by atoms with van der Waals surface area (Å²) in [5.74, 6) is 2.42. The Morgan fingerprint density at radius 1 is 1.23 bits per heavy atom. The van der Waals surface area contributed by atoms with Gasteiger partial charge in [0.25, 0.3) is 0 Å². The van der Waals surface area contributed by atoms with Gasteiger partial charge in [-0.2, -0.15) is 0 Å². The van der Waals surface area contributed by atoms with Crippen molar-refractivity contribution in [2.75, 3.05) is 20.3 Å². The summed E-state index contributed by atoms with van der Waals surface area (Å²) in [6, 6.07) is 8.71. The molecule has 2 heterocycles. The summed E-state index contributed by atoms with van der Waals surface area (Å²) >= 11 is 0. The molecule has 1 aromatic heterocycles. The topological polar surface area (TPSA) is 43.6 Å². The molecule has 0 unspecified atom stereocenters. The van der Waals surface area contributed by atoms with E-state index in [0.717, 1.165) is 48.5 Å². The highest BCUT2D eigenvalue weighted by molar-refractivity contribution is 5.83. The van der Waals surface area contributed by atoms with Crippen LogP contribution in [0.5, 0.6) is 5.75 Å². The van der Waals surface area contributed by atoms with Crippen LogP contribution in [0.15, 0.2) is 28.7 Å². The minimum atomic E-state index is 0.176. The fourth-order valence-corrected chi connectivity index (χ4v) is 3.26. The van der Waals surface area contributed by atoms with Crippen LogP contribution in [-0.4, -0.2) is 26.4 Å². The number of benzene rings is 1. The zero-order valence-corrected chi connectivity index (χ0v) is 13.6. The number of hydrogen-bond acceptors (Lipinski definition) is 4. The molecular formula is C18H25NO3. The van der Waals surface area contributed by atoms with Crippen molar-refractivity contribution in [3.8, 4) is 5.75 Å². The van der Waals surface area contributed by atoms with E-state index in [1.807, 2.05) is 12.1 Å². The molecule has 0 amide bonds. The zero-order valence-electron chi connectivity index (χ0n) is 13.6. The summed E-state index contributed by atoms with van der Waals surface area (Å²) in [6.07, 6.45) is 2.27. The average molecular weight is 303 g/mol. The van der Waals surface area contributed by atoms with Crippen LogP contribution in [0.25, 0.3) is 11.0 Å². The number of methoxy groups -OCH3 is 1. The molecule has 22 heavy (non-hydrogen) atoms. The summed E-state index contributed by atoms with van der Waals surface area (Å²) in [4.78, 5) is 0. The van der Waals surface area contributed by atoms with E-state index in [4.69, 9.17) is 13.9 Å². The van der Waals surface area contributed by atoms with Crippen molar-refractivity contribution >= 4 is 11.0 Å². The summed E-state index contributed by atoms with van der Waals surface area (Å²) in [5.41, 5.74) is 0.826. The smallest absolute Gasteiger partial charge is 0.176 e. The van der Waals surface area contributed by atoms with Gasteiger partial charge in [-0.3, -0.25) is 0 Å². The maximum absolute atomic E-state index is 6.03. The summed E-state index contributed by atoms with van der Waals surface area (Å²) in [6.45, 7) is 6.18. The van der Waals surface area contributed by atoms with Gasteiger partial charge in [-0.25, -0.2) is 0 Å². The van der Waals surface area contributed by atoms with Gasteiger partial charge in [0.05, 0.1) is 13.2 Å². The number of furan rings is 1. The third kappa shape index (κ3) is 3.13. The Balaban J connectivity index is 1.72. The molecular weight excluding hydrogens is 278 g/mol. The van der Waals surface area contributed by atoms with Crippen molar-refractivity contribution in [1.29, 1.82) is 0 Å². The highest BCUT2D eigenvalue weighted by atomic mass is 16.5. The Morgan fingerprint density at radius 2 is 2.00 bits per heavy atom. The first kappa shape index (κ1) is 15.4. The van der Waals surface area contributed by atoms with Crippen molar-refractivity contribution in [2.45, 2.75) is 38.8 Å². The molecule has 2 aromatic rings. The first-order chi connectivity index (χ1) is 10.7. The second-order valence-electron chi connectivity index (χ2n) is 6.15. The molecule has 3 rings (SSSR count). The lowest BCUT2D eigenvalue weighted by Gasteiger charge is -2.30. The number of para-hydroxylation sites is 1. The van der Waals surface area contributed by atoms with Crippen molar-refractivity contribution in [3.63, 3.8) is 0 Å². The molecule has 1 N–H and O–H groups in total. The Bertz CT molecular complexity index is 616. The van der Waals surface area contributed by atoms with E-state index in [9.17, 15) is 0 Å². The van der Waals surface area contributed by atoms with Crippen LogP contribution in [0.1, 0.15) is 38.5 Å². The van der Waals surface area contributed by atoms with Crippen LogP contribution in [-0.2, 0) is 4.74 Å². The van der Waals surface area contributed by atoms with E-state index in [2.05, 4.69) is 31.3 Å². The first-order valence-corrected chi connectivity index (χ1v) is 8.09. The maximum Gasteiger partial charge on any atom is 0.176 e. The Labute approximate surface area is 131 Å². The van der Waals surface area contributed by atoms with Gasteiger partial charge in [-0.15, -0.1) is 0 Å². The molecule has 2 atom stereocenters. The van der Waals surface area contributed by atoms with Gasteiger partial charge < -0.3 is 19.2 Å². The fourth-order valence-electron chi connectivity index (χ4n) is 3.26. The van der Waals surface area contributed by atoms with Crippen LogP contribution < -0.4 is 10.1 Å². The molecule has 0 radical (unpaired) electrons. The summed E-state index contributed by atoms with van der Waals surface area (Å²) in [5, 5.41) is 4.76. The SMILES string of the molecule is COc1cccc2cc([C@@H](C)N[C@@H](C)C3CCOCC3)oc12. The van der Waals surface area contributed by atoms with Crippen LogP contribution in [0.4, 0.5) is 0 Å². The highest BCUT2D eigenvalue weighted by Gasteiger charge is 2.23. The summed E-state index contributed by atoms with van der Waals surface area (Å²) < 4.78 is 16.8. The Hall–Kier alpha value is -1.52. The fraction of sp³-hybridized carbons (Fsp3) is 0.556. The highest BCUT2D eigenvalue weighted by Crippen LogP contribution is 2.31. The van der Waals surface area contributed by atoms with Crippen LogP contribution in [0.3, 0.4) is 0 Å². The molecule has 0 aliphatic carbocycles. The van der Waals surface area contributed by atoms with E-state index in [0.29, 0.717) is 12.0 Å². The monoisotopic (exact) mass is 303 g/mol. The van der Waals surface area contributed by atoms with E-state index >= 15 is 0 Å². The number of fused-ring (bicyclic) bond motifs is 1. The van der Waals surface area contributed by atoms with Gasteiger partial charge in [0.2, 0.25) is 0 Å². The predicted molar refractivity (Wildman–Crippen MR) is 87.3 cm³/mol. The molecule has 0 spiro atoms. The Morgan fingerprint density at radius 3 is 2.73 bits per heavy atom. The minimum Gasteiger partial charge on any atom is -0.493 e. The van der Waals surface area contributed by atoms with Crippen molar-refractivity contribution < 1.29 is 13.9 Å². The van der Waals surface area contributed by atoms with Gasteiger partial charge in [-0.1, -0.05) is 12.1 Å². The number of nitrogens with one attached hydrogen (secondary N) is 1. The molecule has 1 saturated heterocycles. The molecule has 1 aliphatic heterocycles. The standard InChI is InChI=1S/C18H25NO3/c1-12(14-7-9-21-10-8-14)19-13(2)17-11-15-5-4-6-16(20-3)18(15)22-17/h4-6,11-14,19H,7-10H2,1-3H3/t12-,13+/m0/s1. The van der Waals surface area contributed by atoms with E-state index < -0.39 is 0 Å². The van der Waals surface area contributed by atoms with Gasteiger partial charge in [0, 0.05) is 24.6 Å². The van der Waals surface area contributed by atoms with E-state index in [1.165, 1.54) is 0 Å². The van der Waals surface area contributed by atoms with Gasteiger partial charge >= 0.3 is 0 Å². The van der Waals surface area contributed by atoms with Gasteiger partial charge in [0.1, 0.15) is 5.76 Å². The van der Waals surface area contributed by atoms with Crippen LogP contribution in [0, 0.1) is 5.92 Å². The molecule has 4 heteroatoms. The summed E-state index contributed by atoms with van der Waals surface area (Å²) in [7, 11) is 1.67. The number of ether oxygens (including phenoxy) is 2. The van der Waals surface area contributed by atoms with Crippen molar-refractivity contribution in [3.05, 3.63) is 30.0 Å². The molecule has 0 bridgehead atoms. The molecule has 1 aromatic carbocycles. The van der Waals surface area contributed by atoms with Gasteiger partial charge in [-0.05, 0) is 44.7 Å². The minimum absolute atomic E-state index is 0.176. The van der Waals surface area contributed by atoms with E-state index in [1.54, 1.807) is 7.11 Å². The lowest BCUT2D eigenvalue weighted by molar-refractivity contribution is 0.0543. The quantitative estimate of drug-likeness (QED) is 0.909. The third-order valence-electron chi connectivity index (χ3n) is 4.66. The third-order valence-corrected chi connectivity index (χ3v) is 4.66. The maximum atomic E-state index is 6.03. The second kappa shape index (κ2) is 6.71. The molecule has 0 saturated carbocycles. The number of hydrogen-bond donors (Lipinski definition) is 1. The molecule has 1 fully saturated rings. The largest absolute Gasteiger partial charge is 0.493 e. The lowest BCUT2D eigenvalue weighted by Crippen LogP contribution is -2.38. The lowest BCUT2D eigenvalue weighted by atomic mass is 9.92. The molecule has 4 nitrogen and oxygen atoms in total. The second-order valence-corrected chi connectivity index (χ2v) is 6.15. The number of rotatable bonds is 5.